The van der Waals surface area contributed by atoms with Crippen molar-refractivity contribution in [1.82, 2.24) is 0 Å². The van der Waals surface area contributed by atoms with Crippen LogP contribution in [-0.4, -0.2) is 17.7 Å². The first kappa shape index (κ1) is 15.7. The van der Waals surface area contributed by atoms with Gasteiger partial charge in [-0.15, -0.1) is 0 Å². The Kier molecular flexibility index (Phi) is 5.12. The molecule has 0 spiro atoms. The van der Waals surface area contributed by atoms with E-state index >= 15 is 0 Å². The normalized spacial score (nSPS) is 14.8. The summed E-state index contributed by atoms with van der Waals surface area (Å²) in [6, 6.07) is 9.36. The summed E-state index contributed by atoms with van der Waals surface area (Å²) >= 11 is 0. The third-order valence-corrected chi connectivity index (χ3v) is 3.68. The molecule has 106 valence electrons. The van der Waals surface area contributed by atoms with Crippen molar-refractivity contribution in [2.24, 2.45) is 5.41 Å². The lowest BCUT2D eigenvalue weighted by molar-refractivity contribution is -0.174. The first-order valence-electron chi connectivity index (χ1n) is 6.85. The minimum Gasteiger partial charge on any atom is -0.465 e. The molecule has 3 heteroatoms. The summed E-state index contributed by atoms with van der Waals surface area (Å²) in [6.45, 7) is 7.57. The number of esters is 1. The molecule has 0 heterocycles. The molecular formula is C16H24O3. The van der Waals surface area contributed by atoms with E-state index in [1.165, 1.54) is 0 Å². The van der Waals surface area contributed by atoms with E-state index < -0.39 is 11.0 Å². The third kappa shape index (κ3) is 2.98. The van der Waals surface area contributed by atoms with Gasteiger partial charge in [0.1, 0.15) is 5.60 Å². The number of hydrogen-bond acceptors (Lipinski definition) is 3. The summed E-state index contributed by atoms with van der Waals surface area (Å²) in [5, 5.41) is 11.1. The molecule has 19 heavy (non-hydrogen) atoms. The largest absolute Gasteiger partial charge is 0.465 e. The molecule has 1 N–H and O–H groups in total. The van der Waals surface area contributed by atoms with E-state index in [9.17, 15) is 9.90 Å². The maximum absolute atomic E-state index is 12.2. The number of hydrogen-bond donors (Lipinski definition) is 1. The van der Waals surface area contributed by atoms with Gasteiger partial charge in [-0.1, -0.05) is 43.7 Å². The summed E-state index contributed by atoms with van der Waals surface area (Å²) in [6.07, 6.45) is 1.30. The SMILES string of the molecule is CCC[C@@](O)(c1ccccc1)C(C)(C)C(=O)OCC. The number of aliphatic hydroxyl groups is 1. The molecule has 1 rings (SSSR count). The summed E-state index contributed by atoms with van der Waals surface area (Å²) in [5.74, 6) is -0.366. The zero-order valence-electron chi connectivity index (χ0n) is 12.3. The van der Waals surface area contributed by atoms with Crippen LogP contribution in [0.2, 0.25) is 0 Å². The average Bonchev–Trinajstić information content (AvgIpc) is 2.40. The van der Waals surface area contributed by atoms with Crippen LogP contribution < -0.4 is 0 Å². The summed E-state index contributed by atoms with van der Waals surface area (Å²) in [7, 11) is 0. The Hall–Kier alpha value is -1.35. The molecule has 0 saturated carbocycles. The molecule has 1 atom stereocenters. The highest BCUT2D eigenvalue weighted by Crippen LogP contribution is 2.44. The van der Waals surface area contributed by atoms with Crippen LogP contribution in [0.25, 0.3) is 0 Å². The third-order valence-electron chi connectivity index (χ3n) is 3.68. The van der Waals surface area contributed by atoms with Crippen LogP contribution in [0.15, 0.2) is 30.3 Å². The molecule has 0 aromatic heterocycles. The van der Waals surface area contributed by atoms with Gasteiger partial charge < -0.3 is 9.84 Å². The number of rotatable bonds is 6. The Bertz CT molecular complexity index is 411. The second kappa shape index (κ2) is 6.20. The number of carbonyl (C=O) groups excluding carboxylic acids is 1. The van der Waals surface area contributed by atoms with Gasteiger partial charge in [-0.2, -0.15) is 0 Å². The molecule has 3 nitrogen and oxygen atoms in total. The minimum absolute atomic E-state index is 0.319. The molecule has 0 aliphatic heterocycles. The second-order valence-corrected chi connectivity index (χ2v) is 5.32. The van der Waals surface area contributed by atoms with Gasteiger partial charge in [-0.05, 0) is 32.8 Å². The zero-order valence-corrected chi connectivity index (χ0v) is 12.3. The maximum atomic E-state index is 12.2. The maximum Gasteiger partial charge on any atom is 0.314 e. The van der Waals surface area contributed by atoms with Gasteiger partial charge in [0.2, 0.25) is 0 Å². The Morgan fingerprint density at radius 2 is 1.79 bits per heavy atom. The number of ether oxygens (including phenoxy) is 1. The van der Waals surface area contributed by atoms with Crippen molar-refractivity contribution < 1.29 is 14.6 Å². The van der Waals surface area contributed by atoms with Crippen molar-refractivity contribution in [3.05, 3.63) is 35.9 Å². The molecule has 1 aromatic carbocycles. The van der Waals surface area contributed by atoms with Crippen LogP contribution in [-0.2, 0) is 15.1 Å². The molecule has 0 aliphatic carbocycles. The standard InChI is InChI=1S/C16H24O3/c1-5-12-16(18,13-10-8-7-9-11-13)15(3,4)14(17)19-6-2/h7-11,18H,5-6,12H2,1-4H3/t16-/m1/s1. The van der Waals surface area contributed by atoms with Crippen LogP contribution in [0.4, 0.5) is 0 Å². The van der Waals surface area contributed by atoms with Crippen LogP contribution in [0.1, 0.15) is 46.1 Å². The molecular weight excluding hydrogens is 240 g/mol. The molecule has 0 unspecified atom stereocenters. The highest BCUT2D eigenvalue weighted by atomic mass is 16.5. The Morgan fingerprint density at radius 1 is 1.21 bits per heavy atom. The van der Waals surface area contributed by atoms with Gasteiger partial charge in [0.25, 0.3) is 0 Å². The Labute approximate surface area is 115 Å². The van der Waals surface area contributed by atoms with Gasteiger partial charge in [0.15, 0.2) is 0 Å². The molecule has 1 aromatic rings. The van der Waals surface area contributed by atoms with E-state index in [-0.39, 0.29) is 5.97 Å². The monoisotopic (exact) mass is 264 g/mol. The number of benzene rings is 1. The topological polar surface area (TPSA) is 46.5 Å². The van der Waals surface area contributed by atoms with Crippen LogP contribution >= 0.6 is 0 Å². The predicted molar refractivity (Wildman–Crippen MR) is 75.7 cm³/mol. The fourth-order valence-corrected chi connectivity index (χ4v) is 2.37. The Balaban J connectivity index is 3.22. The first-order chi connectivity index (χ1) is 8.90. The van der Waals surface area contributed by atoms with E-state index in [2.05, 4.69) is 0 Å². The lowest BCUT2D eigenvalue weighted by atomic mass is 9.68. The van der Waals surface area contributed by atoms with Crippen molar-refractivity contribution in [2.75, 3.05) is 6.61 Å². The highest BCUT2D eigenvalue weighted by molar-refractivity contribution is 5.78. The van der Waals surface area contributed by atoms with Crippen molar-refractivity contribution in [1.29, 1.82) is 0 Å². The zero-order chi connectivity index (χ0) is 14.5. The quantitative estimate of drug-likeness (QED) is 0.802. The van der Waals surface area contributed by atoms with Crippen LogP contribution in [0.5, 0.6) is 0 Å². The minimum atomic E-state index is -1.21. The molecule has 0 saturated heterocycles. The highest BCUT2D eigenvalue weighted by Gasteiger charge is 2.50. The molecule has 0 radical (unpaired) electrons. The van der Waals surface area contributed by atoms with Crippen molar-refractivity contribution in [3.63, 3.8) is 0 Å². The molecule has 0 amide bonds. The van der Waals surface area contributed by atoms with Gasteiger partial charge in [-0.25, -0.2) is 0 Å². The van der Waals surface area contributed by atoms with Crippen molar-refractivity contribution in [2.45, 2.75) is 46.1 Å². The van der Waals surface area contributed by atoms with E-state index in [0.717, 1.165) is 12.0 Å². The van der Waals surface area contributed by atoms with E-state index in [1.807, 2.05) is 37.3 Å². The molecule has 0 bridgehead atoms. The van der Waals surface area contributed by atoms with E-state index in [4.69, 9.17) is 4.74 Å². The van der Waals surface area contributed by atoms with E-state index in [1.54, 1.807) is 20.8 Å². The van der Waals surface area contributed by atoms with Gasteiger partial charge in [-0.3, -0.25) is 4.79 Å². The number of carbonyl (C=O) groups is 1. The molecule has 0 aliphatic rings. The fraction of sp³-hybridized carbons (Fsp3) is 0.562. The van der Waals surface area contributed by atoms with Gasteiger partial charge in [0, 0.05) is 0 Å². The summed E-state index contributed by atoms with van der Waals surface area (Å²) < 4.78 is 5.12. The lowest BCUT2D eigenvalue weighted by Gasteiger charge is -2.41. The predicted octanol–water partition coefficient (Wildman–Crippen LogP) is 3.26. The average molecular weight is 264 g/mol. The summed E-state index contributed by atoms with van der Waals surface area (Å²) in [5.41, 5.74) is -1.44. The van der Waals surface area contributed by atoms with Crippen LogP contribution in [0, 0.1) is 5.41 Å². The lowest BCUT2D eigenvalue weighted by Crippen LogP contribution is -2.48. The van der Waals surface area contributed by atoms with E-state index in [0.29, 0.717) is 13.0 Å². The molecule has 0 fully saturated rings. The Morgan fingerprint density at radius 3 is 2.26 bits per heavy atom. The van der Waals surface area contributed by atoms with Crippen LogP contribution in [0.3, 0.4) is 0 Å². The smallest absolute Gasteiger partial charge is 0.314 e. The first-order valence-corrected chi connectivity index (χ1v) is 6.85. The van der Waals surface area contributed by atoms with Crippen molar-refractivity contribution >= 4 is 5.97 Å². The fourth-order valence-electron chi connectivity index (χ4n) is 2.37. The van der Waals surface area contributed by atoms with Gasteiger partial charge >= 0.3 is 5.97 Å². The summed E-state index contributed by atoms with van der Waals surface area (Å²) in [4.78, 5) is 12.2. The van der Waals surface area contributed by atoms with Crippen molar-refractivity contribution in [3.8, 4) is 0 Å². The van der Waals surface area contributed by atoms with Gasteiger partial charge in [0.05, 0.1) is 12.0 Å². The second-order valence-electron chi connectivity index (χ2n) is 5.32.